The molecule has 2 saturated heterocycles. The molecule has 0 aromatic carbocycles. The van der Waals surface area contributed by atoms with E-state index in [2.05, 4.69) is 15.9 Å². The van der Waals surface area contributed by atoms with Gasteiger partial charge in [0.05, 0.1) is 4.47 Å². The maximum Gasteiger partial charge on any atom is 0.410 e. The molecule has 0 aliphatic carbocycles. The van der Waals surface area contributed by atoms with Gasteiger partial charge in [0.15, 0.2) is 0 Å². The van der Waals surface area contributed by atoms with Gasteiger partial charge in [-0.25, -0.2) is 17.9 Å². The fourth-order valence-corrected chi connectivity index (χ4v) is 8.43. The van der Waals surface area contributed by atoms with Crippen molar-refractivity contribution in [3.63, 3.8) is 0 Å². The second-order valence-corrected chi connectivity index (χ2v) is 13.1. The number of carbonyl (C=O) groups is 2. The monoisotopic (exact) mass is 583 g/mol. The Morgan fingerprint density at radius 3 is 2.22 bits per heavy atom. The van der Waals surface area contributed by atoms with Crippen molar-refractivity contribution in [3.8, 4) is 6.07 Å². The van der Waals surface area contributed by atoms with Gasteiger partial charge in [-0.3, -0.25) is 4.79 Å². The fraction of sp³-hybridized carbons (Fsp3) is 0.526. The van der Waals surface area contributed by atoms with Crippen molar-refractivity contribution in [2.45, 2.75) is 69.0 Å². The molecule has 1 aromatic heterocycles. The number of nitrogens with zero attached hydrogens (tertiary/aromatic N) is 2. The van der Waals surface area contributed by atoms with Crippen molar-refractivity contribution in [1.82, 2.24) is 9.62 Å². The van der Waals surface area contributed by atoms with Crippen LogP contribution in [0.3, 0.4) is 0 Å². The smallest absolute Gasteiger partial charge is 0.410 e. The minimum atomic E-state index is -4.37. The van der Waals surface area contributed by atoms with Gasteiger partial charge in [0.1, 0.15) is 30.8 Å². The molecule has 2 atom stereocenters. The maximum atomic E-state index is 12.8. The summed E-state index contributed by atoms with van der Waals surface area (Å²) < 4.78 is 32.9. The second-order valence-electron chi connectivity index (χ2n) is 8.50. The number of thiophene rings is 1. The van der Waals surface area contributed by atoms with Crippen LogP contribution in [-0.4, -0.2) is 43.0 Å². The summed E-state index contributed by atoms with van der Waals surface area (Å²) in [6.07, 6.45) is 1.58. The first-order chi connectivity index (χ1) is 14.7. The summed E-state index contributed by atoms with van der Waals surface area (Å²) in [5, 5.41) is 9.63. The fourth-order valence-electron chi connectivity index (χ4n) is 3.91. The van der Waals surface area contributed by atoms with E-state index in [-0.39, 0.29) is 35.7 Å². The minimum Gasteiger partial charge on any atom is -0.444 e. The van der Waals surface area contributed by atoms with Crippen LogP contribution in [0.1, 0.15) is 46.5 Å². The summed E-state index contributed by atoms with van der Waals surface area (Å²) in [5.41, 5.74) is -0.400. The topological polar surface area (TPSA) is 117 Å². The second kappa shape index (κ2) is 9.14. The lowest BCUT2D eigenvalue weighted by atomic mass is 9.92. The zero-order valence-electron chi connectivity index (χ0n) is 17.4. The van der Waals surface area contributed by atoms with Gasteiger partial charge in [0.25, 0.3) is 15.9 Å². The van der Waals surface area contributed by atoms with Crippen molar-refractivity contribution in [2.24, 2.45) is 0 Å². The first kappa shape index (κ1) is 25.3. The molecule has 0 saturated carbocycles. The lowest BCUT2D eigenvalue weighted by Gasteiger charge is -2.37. The number of fused-ring (bicyclic) bond motifs is 2. The maximum absolute atomic E-state index is 12.8. The molecule has 3 rings (SSSR count). The van der Waals surface area contributed by atoms with Gasteiger partial charge in [-0.1, -0.05) is 23.2 Å². The van der Waals surface area contributed by atoms with Gasteiger partial charge in [-0.05, 0) is 68.0 Å². The molecule has 1 aromatic rings. The number of sulfonamides is 1. The van der Waals surface area contributed by atoms with Crippen molar-refractivity contribution in [3.05, 3.63) is 24.3 Å². The molecule has 2 aliphatic heterocycles. The first-order valence-electron chi connectivity index (χ1n) is 9.59. The third-order valence-electron chi connectivity index (χ3n) is 5.11. The number of hydrogen-bond donors (Lipinski definition) is 1. The van der Waals surface area contributed by atoms with E-state index in [1.54, 1.807) is 25.7 Å². The quantitative estimate of drug-likeness (QED) is 0.394. The number of amides is 2. The predicted octanol–water partition coefficient (Wildman–Crippen LogP) is 5.00. The van der Waals surface area contributed by atoms with E-state index < -0.39 is 27.6 Å². The van der Waals surface area contributed by atoms with Crippen LogP contribution in [-0.2, 0) is 19.6 Å². The highest BCUT2D eigenvalue weighted by molar-refractivity contribution is 9.10. The van der Waals surface area contributed by atoms with Crippen molar-refractivity contribution in [2.75, 3.05) is 0 Å². The lowest BCUT2D eigenvalue weighted by molar-refractivity contribution is -0.115. The van der Waals surface area contributed by atoms with Gasteiger partial charge >= 0.3 is 6.09 Å². The number of hydrogen-bond acceptors (Lipinski definition) is 7. The molecule has 2 bridgehead atoms. The Hall–Kier alpha value is -1.32. The van der Waals surface area contributed by atoms with Gasteiger partial charge in [-0.2, -0.15) is 5.26 Å². The zero-order valence-corrected chi connectivity index (χ0v) is 22.1. The Kier molecular flexibility index (Phi) is 7.23. The van der Waals surface area contributed by atoms with E-state index in [1.807, 2.05) is 10.8 Å². The van der Waals surface area contributed by atoms with E-state index in [0.717, 1.165) is 11.3 Å². The minimum absolute atomic E-state index is 0.0457. The van der Waals surface area contributed by atoms with E-state index >= 15 is 0 Å². The van der Waals surface area contributed by atoms with Crippen LogP contribution in [0.5, 0.6) is 0 Å². The molecule has 1 N–H and O–H groups in total. The van der Waals surface area contributed by atoms with Gasteiger partial charge in [0, 0.05) is 12.1 Å². The summed E-state index contributed by atoms with van der Waals surface area (Å²) in [5.74, 6) is -1.04. The Bertz CT molecular complexity index is 1130. The molecular formula is C19H20BrCl2N3O5S2. The van der Waals surface area contributed by atoms with E-state index in [1.165, 1.54) is 0 Å². The molecule has 0 spiro atoms. The molecule has 0 radical (unpaired) electrons. The number of carbonyl (C=O) groups excluding carboxylic acids is 2. The molecule has 2 unspecified atom stereocenters. The highest BCUT2D eigenvalue weighted by Gasteiger charge is 2.44. The average molecular weight is 585 g/mol. The summed E-state index contributed by atoms with van der Waals surface area (Å²) in [7, 11) is -4.37. The molecule has 8 nitrogen and oxygen atoms in total. The molecule has 13 heteroatoms. The standard InChI is InChI=1S/C19H20BrCl2N3O5S2/c1-19(2,3)30-18(27)25-10-4-5-11(25)7-9(6-10)12(8-23)17(26)24-32(28,29)14-13(20)15(21)31-16(14)22/h10-11H,4-7H2,1-3H3,(H,24,26). The molecule has 3 heterocycles. The normalized spacial score (nSPS) is 20.7. The van der Waals surface area contributed by atoms with Crippen molar-refractivity contribution >= 4 is 72.5 Å². The summed E-state index contributed by atoms with van der Waals surface area (Å²) >= 11 is 15.8. The summed E-state index contributed by atoms with van der Waals surface area (Å²) in [6.45, 7) is 5.35. The largest absolute Gasteiger partial charge is 0.444 e. The Balaban J connectivity index is 1.83. The van der Waals surface area contributed by atoms with Crippen molar-refractivity contribution in [1.29, 1.82) is 5.26 Å². The first-order valence-corrected chi connectivity index (χ1v) is 13.4. The molecule has 174 valence electrons. The third kappa shape index (κ3) is 5.09. The lowest BCUT2D eigenvalue weighted by Crippen LogP contribution is -2.47. The average Bonchev–Trinajstić information content (AvgIpc) is 3.05. The molecule has 2 fully saturated rings. The van der Waals surface area contributed by atoms with Crippen LogP contribution >= 0.6 is 50.5 Å². The highest BCUT2D eigenvalue weighted by atomic mass is 79.9. The van der Waals surface area contributed by atoms with E-state index in [0.29, 0.717) is 31.3 Å². The number of rotatable bonds is 3. The number of halogens is 3. The number of nitrogens with one attached hydrogen (secondary N) is 1. The number of ether oxygens (including phenoxy) is 1. The third-order valence-corrected chi connectivity index (χ3v) is 9.90. The van der Waals surface area contributed by atoms with Crippen LogP contribution in [0.2, 0.25) is 8.67 Å². The van der Waals surface area contributed by atoms with Gasteiger partial charge in [0.2, 0.25) is 0 Å². The Morgan fingerprint density at radius 1 is 1.22 bits per heavy atom. The molecular weight excluding hydrogens is 565 g/mol. The SMILES string of the molecule is CC(C)(C)OC(=O)N1C2CCC1CC(=C(C#N)C(=O)NS(=O)(=O)c1c(Cl)sc(Cl)c1Br)C2. The van der Waals surface area contributed by atoms with Crippen molar-refractivity contribution < 1.29 is 22.7 Å². The summed E-state index contributed by atoms with van der Waals surface area (Å²) in [6, 6.07) is 1.40. The zero-order chi connectivity index (χ0) is 24.0. The van der Waals surface area contributed by atoms with E-state index in [9.17, 15) is 23.3 Å². The van der Waals surface area contributed by atoms with E-state index in [4.69, 9.17) is 27.9 Å². The van der Waals surface area contributed by atoms with Crippen LogP contribution in [0, 0.1) is 11.3 Å². The molecule has 32 heavy (non-hydrogen) atoms. The molecule has 2 aliphatic rings. The van der Waals surface area contributed by atoms with Gasteiger partial charge < -0.3 is 9.64 Å². The summed E-state index contributed by atoms with van der Waals surface area (Å²) in [4.78, 5) is 26.7. The van der Waals surface area contributed by atoms with Crippen LogP contribution in [0.25, 0.3) is 0 Å². The van der Waals surface area contributed by atoms with Crippen LogP contribution in [0.15, 0.2) is 20.5 Å². The Labute approximate surface area is 208 Å². The Morgan fingerprint density at radius 2 is 1.78 bits per heavy atom. The van der Waals surface area contributed by atoms with Gasteiger partial charge in [-0.15, -0.1) is 11.3 Å². The number of nitriles is 1. The molecule has 2 amide bonds. The predicted molar refractivity (Wildman–Crippen MR) is 124 cm³/mol. The van der Waals surface area contributed by atoms with Crippen LogP contribution < -0.4 is 4.72 Å². The van der Waals surface area contributed by atoms with Crippen LogP contribution in [0.4, 0.5) is 4.79 Å². The highest BCUT2D eigenvalue weighted by Crippen LogP contribution is 2.43. The number of piperidine rings is 1.